The number of ketones is 4. The third kappa shape index (κ3) is 12.8. The number of carboxylic acid groups (broad SMARTS) is 1. The molecule has 6 fully saturated rings. The number of benzene rings is 1. The van der Waals surface area contributed by atoms with Gasteiger partial charge < -0.3 is 92.5 Å². The Bertz CT molecular complexity index is 2910. The molecule has 6 N–H and O–H groups in total. The first-order valence-corrected chi connectivity index (χ1v) is 30.3. The molecule has 480 valence electrons. The third-order valence-electron chi connectivity index (χ3n) is 18.5. The van der Waals surface area contributed by atoms with E-state index in [0.29, 0.717) is 57.8 Å². The Hall–Kier alpha value is -5.33. The molecule has 21 atom stereocenters. The summed E-state index contributed by atoms with van der Waals surface area (Å²) in [5.41, 5.74) is -0.840. The second-order valence-corrected chi connectivity index (χ2v) is 24.8. The molecule has 9 aliphatic rings. The molecule has 0 bridgehead atoms. The second kappa shape index (κ2) is 25.9. The summed E-state index contributed by atoms with van der Waals surface area (Å²) in [4.78, 5) is 95.0. The number of hydrogen-bond donors (Lipinski definition) is 5. The van der Waals surface area contributed by atoms with Crippen molar-refractivity contribution in [1.29, 1.82) is 0 Å². The number of allylic oxidation sites excluding steroid dienone is 2. The molecule has 0 aromatic heterocycles. The summed E-state index contributed by atoms with van der Waals surface area (Å²) in [6.45, 7) is 13.3. The number of carboxylic acids is 1. The van der Waals surface area contributed by atoms with Crippen molar-refractivity contribution in [2.45, 2.75) is 262 Å². The molecule has 0 unspecified atom stereocenters. The van der Waals surface area contributed by atoms with E-state index in [-0.39, 0.29) is 54.5 Å². The van der Waals surface area contributed by atoms with Crippen LogP contribution in [-0.2, 0) is 91.9 Å². The molecule has 1 aromatic carbocycles. The maximum absolute atomic E-state index is 15.6. The van der Waals surface area contributed by atoms with Gasteiger partial charge in [0.1, 0.15) is 29.3 Å². The van der Waals surface area contributed by atoms with E-state index in [1.807, 2.05) is 13.8 Å². The summed E-state index contributed by atoms with van der Waals surface area (Å²) < 4.78 is 86.7. The topological polar surface area (TPSA) is 356 Å². The van der Waals surface area contributed by atoms with Gasteiger partial charge in [-0.15, -0.1) is 0 Å². The number of Topliss-reactive ketones (excluding diaryl/α,β-unsaturated/α-hetero) is 3. The molecule has 87 heavy (non-hydrogen) atoms. The summed E-state index contributed by atoms with van der Waals surface area (Å²) >= 11 is 0. The van der Waals surface area contributed by atoms with E-state index in [9.17, 15) is 49.2 Å². The van der Waals surface area contributed by atoms with Crippen molar-refractivity contribution in [1.82, 2.24) is 0 Å². The van der Waals surface area contributed by atoms with Crippen LogP contribution in [0.5, 0.6) is 5.75 Å². The summed E-state index contributed by atoms with van der Waals surface area (Å²) in [5.74, 6) is -11.3. The first-order valence-electron chi connectivity index (χ1n) is 30.3. The fourth-order valence-electron chi connectivity index (χ4n) is 13.2. The molecule has 1 aromatic rings. The quantitative estimate of drug-likeness (QED) is 0.0798. The number of carbonyl (C=O) groups is 7. The van der Waals surface area contributed by atoms with Gasteiger partial charge in [0.25, 0.3) is 5.91 Å². The molecule has 1 amide bonds. The van der Waals surface area contributed by atoms with Crippen LogP contribution in [0.15, 0.2) is 29.2 Å². The number of amides is 1. The van der Waals surface area contributed by atoms with Crippen LogP contribution in [0.3, 0.4) is 0 Å². The van der Waals surface area contributed by atoms with Crippen LogP contribution in [0.1, 0.15) is 169 Å². The van der Waals surface area contributed by atoms with Crippen molar-refractivity contribution in [2.75, 3.05) is 7.11 Å². The highest BCUT2D eigenvalue weighted by molar-refractivity contribution is 6.28. The molecule has 0 spiro atoms. The van der Waals surface area contributed by atoms with Gasteiger partial charge in [0.05, 0.1) is 85.4 Å². The minimum absolute atomic E-state index is 0.000350. The van der Waals surface area contributed by atoms with Crippen LogP contribution in [-0.4, -0.2) is 191 Å². The summed E-state index contributed by atoms with van der Waals surface area (Å²) in [6, 6.07) is 1.25. The Kier molecular flexibility index (Phi) is 19.2. The van der Waals surface area contributed by atoms with Crippen molar-refractivity contribution >= 4 is 41.0 Å². The average molecular weight is 1230 g/mol. The summed E-state index contributed by atoms with van der Waals surface area (Å²) in [7, 11) is 1.20. The Morgan fingerprint density at radius 3 is 1.49 bits per heavy atom. The molecule has 26 heteroatoms. The van der Waals surface area contributed by atoms with E-state index in [1.165, 1.54) is 27.0 Å². The first kappa shape index (κ1) is 64.6. The number of methoxy groups -OCH3 is 1. The molecule has 0 saturated carbocycles. The van der Waals surface area contributed by atoms with Gasteiger partial charge in [-0.1, -0.05) is 0 Å². The molecule has 6 heterocycles. The number of nitrogens with two attached hydrogens (primary N) is 1. The van der Waals surface area contributed by atoms with Gasteiger partial charge in [0.2, 0.25) is 17.3 Å². The first-order chi connectivity index (χ1) is 41.2. The number of phenolic OH excluding ortho intramolecular Hbond substituents is 1. The lowest BCUT2D eigenvalue weighted by atomic mass is 9.62. The van der Waals surface area contributed by atoms with Gasteiger partial charge >= 0.3 is 11.9 Å². The van der Waals surface area contributed by atoms with Gasteiger partial charge in [0, 0.05) is 56.1 Å². The summed E-state index contributed by atoms with van der Waals surface area (Å²) in [6.07, 6.45) is -7.65. The van der Waals surface area contributed by atoms with Crippen LogP contribution in [0, 0.1) is 11.3 Å². The van der Waals surface area contributed by atoms with Crippen molar-refractivity contribution < 1.29 is 120 Å². The largest absolute Gasteiger partial charge is 0.508 e. The van der Waals surface area contributed by atoms with Crippen molar-refractivity contribution in [2.24, 2.45) is 17.1 Å². The standard InChI is InChI=1S/C61H81NO25/c1-25-34(63)10-16-42(75-25)81-39-15-21-47(80-29(39)5)87-61-33(23-31-22-32-49(52(66)48(31)55(61)68)35(64)24-41(74-9)51(32)65)54(53(67)50(56(61)69)57(62)70)86-46-20-13-38(28(4)79-46)84-44-18-11-36(26(2)77-44)82-43-17-12-37(27(3)76-43)83-45-19-14-40(30(6)78-45)85-59(73)60(7,8)58(71)72/h22,24-30,33-34,36-40,42-47,54,63,66,69H,10-21,23H2,1-9H3,(H2,62,70)(H,71,72)/t25-,26+,27+,28-,29-,30+,33-,34+,36+,37+,38+,39+,40+,42+,43+,44+,45+,46+,47+,54-,61-/m1/s1. The Morgan fingerprint density at radius 2 is 1.05 bits per heavy atom. The van der Waals surface area contributed by atoms with Crippen molar-refractivity contribution in [3.05, 3.63) is 51.5 Å². The van der Waals surface area contributed by atoms with E-state index in [4.69, 9.17) is 72.0 Å². The lowest BCUT2D eigenvalue weighted by molar-refractivity contribution is -0.316. The zero-order valence-corrected chi connectivity index (χ0v) is 50.3. The Labute approximate surface area is 502 Å². The number of esters is 1. The Morgan fingerprint density at radius 1 is 0.609 bits per heavy atom. The number of aliphatic hydroxyl groups is 2. The molecule has 0 radical (unpaired) electrons. The van der Waals surface area contributed by atoms with Crippen LogP contribution in [0.2, 0.25) is 0 Å². The molecule has 6 saturated heterocycles. The molecular formula is C61H81NO25. The fourth-order valence-corrected chi connectivity index (χ4v) is 13.2. The number of carbonyl (C=O) groups excluding carboxylic acids is 6. The monoisotopic (exact) mass is 1230 g/mol. The SMILES string of the molecule is COC1=CC(=O)c2c(cc3c(c2O)C(=O)[C@@]2(O[C@H]4CC[C@H](O[C@H]5CC[C@H](O)[C@@H](C)O5)[C@@H](C)O4)C(O)=C(C(N)=O)C(=O)[C@H](O[C@H]4CC[C@H](O[C@H]5CC[C@H](O[C@H]6CC[C@H](O[C@H]7CC[C@H](OC(=O)C(C)(C)C(=O)O)[C@H](C)O7)[C@H](C)O6)[C@H](C)O5)[C@@H](C)O4)[C@H]2C3)C1=O. The molecule has 26 nitrogen and oxygen atoms in total. The lowest BCUT2D eigenvalue weighted by Crippen LogP contribution is -2.65. The van der Waals surface area contributed by atoms with E-state index >= 15 is 4.79 Å². The zero-order valence-electron chi connectivity index (χ0n) is 50.3. The number of aliphatic hydroxyl groups excluding tert-OH is 2. The van der Waals surface area contributed by atoms with Gasteiger partial charge in [-0.2, -0.15) is 0 Å². The minimum Gasteiger partial charge on any atom is -0.508 e. The minimum atomic E-state index is -2.73. The number of ether oxygens (including phenoxy) is 14. The molecule has 6 aliphatic heterocycles. The number of hydrogen-bond acceptors (Lipinski definition) is 24. The summed E-state index contributed by atoms with van der Waals surface area (Å²) in [5, 5.41) is 43.9. The van der Waals surface area contributed by atoms with Crippen LogP contribution in [0.25, 0.3) is 0 Å². The highest BCUT2D eigenvalue weighted by Crippen LogP contribution is 2.52. The number of phenols is 1. The lowest BCUT2D eigenvalue weighted by Gasteiger charge is -2.50. The Balaban J connectivity index is 0.781. The maximum atomic E-state index is 15.6. The van der Waals surface area contributed by atoms with Gasteiger partial charge in [0.15, 0.2) is 60.3 Å². The van der Waals surface area contributed by atoms with E-state index in [2.05, 4.69) is 0 Å². The highest BCUT2D eigenvalue weighted by atomic mass is 16.8. The molecule has 3 aliphatic carbocycles. The smallest absolute Gasteiger partial charge is 0.323 e. The number of rotatable bonds is 17. The van der Waals surface area contributed by atoms with E-state index in [0.717, 1.165) is 6.08 Å². The van der Waals surface area contributed by atoms with Crippen LogP contribution < -0.4 is 5.73 Å². The number of aromatic hydroxyl groups is 1. The van der Waals surface area contributed by atoms with E-state index in [1.54, 1.807) is 27.7 Å². The number of fused-ring (bicyclic) bond motifs is 3. The average Bonchev–Trinajstić information content (AvgIpc) is 0.710. The number of primary amides is 1. The van der Waals surface area contributed by atoms with Gasteiger partial charge in [-0.25, -0.2) is 0 Å². The van der Waals surface area contributed by atoms with Crippen LogP contribution >= 0.6 is 0 Å². The normalized spacial score (nSPS) is 39.3. The maximum Gasteiger partial charge on any atom is 0.323 e. The second-order valence-electron chi connectivity index (χ2n) is 24.8. The zero-order chi connectivity index (χ0) is 62.7. The molecule has 10 rings (SSSR count). The molecular weight excluding hydrogens is 1150 g/mol. The van der Waals surface area contributed by atoms with Crippen molar-refractivity contribution in [3.63, 3.8) is 0 Å². The van der Waals surface area contributed by atoms with E-state index < -0.39 is 191 Å². The van der Waals surface area contributed by atoms with Crippen LogP contribution in [0.4, 0.5) is 0 Å². The number of aliphatic carboxylic acids is 1. The van der Waals surface area contributed by atoms with Gasteiger partial charge in [-0.05, 0) is 112 Å². The third-order valence-corrected chi connectivity index (χ3v) is 18.5. The predicted octanol–water partition coefficient (Wildman–Crippen LogP) is 4.75. The van der Waals surface area contributed by atoms with Gasteiger partial charge in [-0.3, -0.25) is 33.6 Å². The fraction of sp³-hybridized carbons (Fsp3) is 0.721. The highest BCUT2D eigenvalue weighted by Gasteiger charge is 2.66. The van der Waals surface area contributed by atoms with Crippen molar-refractivity contribution in [3.8, 4) is 5.75 Å². The predicted molar refractivity (Wildman–Crippen MR) is 294 cm³/mol.